The third-order valence-electron chi connectivity index (χ3n) is 2.13. The van der Waals surface area contributed by atoms with Crippen LogP contribution < -0.4 is 5.32 Å². The Morgan fingerprint density at radius 3 is 3.12 bits per heavy atom. The highest BCUT2D eigenvalue weighted by molar-refractivity contribution is 8.00. The van der Waals surface area contributed by atoms with Crippen molar-refractivity contribution in [1.29, 1.82) is 0 Å². The SMILES string of the molecule is CCOC(=O)c1ccc2c(c1)SCC(=O)N2. The van der Waals surface area contributed by atoms with Crippen molar-refractivity contribution < 1.29 is 14.3 Å². The fraction of sp³-hybridized carbons (Fsp3) is 0.273. The van der Waals surface area contributed by atoms with E-state index < -0.39 is 0 Å². The van der Waals surface area contributed by atoms with Gasteiger partial charge in [0.05, 0.1) is 23.6 Å². The van der Waals surface area contributed by atoms with E-state index in [1.165, 1.54) is 11.8 Å². The molecule has 0 saturated carbocycles. The molecule has 1 heterocycles. The van der Waals surface area contributed by atoms with Gasteiger partial charge in [-0.05, 0) is 25.1 Å². The van der Waals surface area contributed by atoms with Crippen molar-refractivity contribution >= 4 is 29.3 Å². The van der Waals surface area contributed by atoms with E-state index in [2.05, 4.69) is 5.32 Å². The molecule has 0 unspecified atom stereocenters. The van der Waals surface area contributed by atoms with Gasteiger partial charge >= 0.3 is 5.97 Å². The van der Waals surface area contributed by atoms with Crippen molar-refractivity contribution in [3.05, 3.63) is 23.8 Å². The van der Waals surface area contributed by atoms with Crippen LogP contribution >= 0.6 is 11.8 Å². The van der Waals surface area contributed by atoms with Gasteiger partial charge in [-0.1, -0.05) is 0 Å². The lowest BCUT2D eigenvalue weighted by Gasteiger charge is -2.16. The molecule has 0 bridgehead atoms. The van der Waals surface area contributed by atoms with E-state index in [1.54, 1.807) is 25.1 Å². The number of rotatable bonds is 2. The summed E-state index contributed by atoms with van der Waals surface area (Å²) in [4.78, 5) is 23.5. The molecule has 1 aliphatic rings. The van der Waals surface area contributed by atoms with E-state index in [1.807, 2.05) is 0 Å². The molecule has 84 valence electrons. The molecule has 1 N–H and O–H groups in total. The molecular formula is C11H11NO3S. The fourth-order valence-electron chi connectivity index (χ4n) is 1.42. The highest BCUT2D eigenvalue weighted by Crippen LogP contribution is 2.32. The predicted molar refractivity (Wildman–Crippen MR) is 61.8 cm³/mol. The first-order chi connectivity index (χ1) is 7.70. The van der Waals surface area contributed by atoms with Gasteiger partial charge in [0.1, 0.15) is 0 Å². The quantitative estimate of drug-likeness (QED) is 0.798. The topological polar surface area (TPSA) is 55.4 Å². The molecule has 1 aromatic carbocycles. The lowest BCUT2D eigenvalue weighted by atomic mass is 10.2. The van der Waals surface area contributed by atoms with Crippen molar-refractivity contribution in [1.82, 2.24) is 0 Å². The molecule has 0 aromatic heterocycles. The van der Waals surface area contributed by atoms with E-state index in [-0.39, 0.29) is 11.9 Å². The Kier molecular flexibility index (Phi) is 3.14. The molecule has 4 nitrogen and oxygen atoms in total. The summed E-state index contributed by atoms with van der Waals surface area (Å²) in [5, 5.41) is 2.75. The lowest BCUT2D eigenvalue weighted by Crippen LogP contribution is -2.19. The Balaban J connectivity index is 2.26. The highest BCUT2D eigenvalue weighted by Gasteiger charge is 2.17. The third-order valence-corrected chi connectivity index (χ3v) is 3.18. The van der Waals surface area contributed by atoms with Gasteiger partial charge < -0.3 is 10.1 Å². The van der Waals surface area contributed by atoms with Crippen LogP contribution in [-0.4, -0.2) is 24.2 Å². The summed E-state index contributed by atoms with van der Waals surface area (Å²) in [6.45, 7) is 2.13. The maximum atomic E-state index is 11.5. The summed E-state index contributed by atoms with van der Waals surface area (Å²) >= 11 is 1.43. The number of esters is 1. The molecular weight excluding hydrogens is 226 g/mol. The summed E-state index contributed by atoms with van der Waals surface area (Å²) in [6, 6.07) is 5.13. The first kappa shape index (κ1) is 11.0. The zero-order valence-corrected chi connectivity index (χ0v) is 9.60. The molecule has 1 aliphatic heterocycles. The van der Waals surface area contributed by atoms with Gasteiger partial charge in [-0.2, -0.15) is 0 Å². The number of fused-ring (bicyclic) bond motifs is 1. The van der Waals surface area contributed by atoms with E-state index >= 15 is 0 Å². The van der Waals surface area contributed by atoms with Crippen LogP contribution in [-0.2, 0) is 9.53 Å². The Morgan fingerprint density at radius 1 is 1.56 bits per heavy atom. The van der Waals surface area contributed by atoms with Crippen LogP contribution in [0, 0.1) is 0 Å². The monoisotopic (exact) mass is 237 g/mol. The van der Waals surface area contributed by atoms with E-state index in [0.29, 0.717) is 17.9 Å². The van der Waals surface area contributed by atoms with E-state index in [4.69, 9.17) is 4.74 Å². The zero-order chi connectivity index (χ0) is 11.5. The molecule has 0 aliphatic carbocycles. The average molecular weight is 237 g/mol. The minimum atomic E-state index is -0.331. The first-order valence-corrected chi connectivity index (χ1v) is 5.93. The number of carbonyl (C=O) groups is 2. The number of amides is 1. The second-order valence-corrected chi connectivity index (χ2v) is 4.29. The van der Waals surface area contributed by atoms with Crippen LogP contribution in [0.25, 0.3) is 0 Å². The van der Waals surface area contributed by atoms with Crippen molar-refractivity contribution in [2.24, 2.45) is 0 Å². The number of carbonyl (C=O) groups excluding carboxylic acids is 2. The van der Waals surface area contributed by atoms with Gasteiger partial charge in [0.25, 0.3) is 0 Å². The van der Waals surface area contributed by atoms with Gasteiger partial charge in [0.2, 0.25) is 5.91 Å². The summed E-state index contributed by atoms with van der Waals surface area (Å²) in [5.74, 6) is 0.0448. The molecule has 16 heavy (non-hydrogen) atoms. The molecule has 0 fully saturated rings. The minimum Gasteiger partial charge on any atom is -0.462 e. The number of ether oxygens (including phenoxy) is 1. The maximum absolute atomic E-state index is 11.5. The molecule has 5 heteroatoms. The Morgan fingerprint density at radius 2 is 2.38 bits per heavy atom. The number of nitrogens with one attached hydrogen (secondary N) is 1. The Bertz CT molecular complexity index is 445. The van der Waals surface area contributed by atoms with Crippen LogP contribution in [0.2, 0.25) is 0 Å². The third kappa shape index (κ3) is 2.19. The summed E-state index contributed by atoms with van der Waals surface area (Å²) in [5.41, 5.74) is 1.28. The summed E-state index contributed by atoms with van der Waals surface area (Å²) < 4.78 is 4.90. The number of hydrogen-bond acceptors (Lipinski definition) is 4. The fourth-order valence-corrected chi connectivity index (χ4v) is 2.26. The lowest BCUT2D eigenvalue weighted by molar-refractivity contribution is -0.113. The minimum absolute atomic E-state index is 0.0126. The first-order valence-electron chi connectivity index (χ1n) is 4.94. The summed E-state index contributed by atoms with van der Waals surface area (Å²) in [6.07, 6.45) is 0. The summed E-state index contributed by atoms with van der Waals surface area (Å²) in [7, 11) is 0. The second-order valence-electron chi connectivity index (χ2n) is 3.27. The number of thioether (sulfide) groups is 1. The van der Waals surface area contributed by atoms with Crippen molar-refractivity contribution in [3.8, 4) is 0 Å². The Labute approximate surface area is 97.4 Å². The van der Waals surface area contributed by atoms with Crippen LogP contribution in [0.15, 0.2) is 23.1 Å². The predicted octanol–water partition coefficient (Wildman–Crippen LogP) is 1.91. The Hall–Kier alpha value is -1.49. The normalized spacial score (nSPS) is 13.9. The second kappa shape index (κ2) is 4.57. The van der Waals surface area contributed by atoms with Gasteiger partial charge in [-0.15, -0.1) is 11.8 Å². The van der Waals surface area contributed by atoms with Gasteiger partial charge in [-0.25, -0.2) is 4.79 Å². The standard InChI is InChI=1S/C11H11NO3S/c1-2-15-11(14)7-3-4-8-9(5-7)16-6-10(13)12-8/h3-5H,2,6H2,1H3,(H,12,13). The number of anilines is 1. The van der Waals surface area contributed by atoms with E-state index in [9.17, 15) is 9.59 Å². The highest BCUT2D eigenvalue weighted by atomic mass is 32.2. The van der Waals surface area contributed by atoms with Gasteiger partial charge in [0, 0.05) is 4.90 Å². The van der Waals surface area contributed by atoms with Crippen LogP contribution in [0.1, 0.15) is 17.3 Å². The number of benzene rings is 1. The molecule has 2 rings (SSSR count). The van der Waals surface area contributed by atoms with Crippen LogP contribution in [0.5, 0.6) is 0 Å². The molecule has 1 amide bonds. The van der Waals surface area contributed by atoms with E-state index in [0.717, 1.165) is 10.6 Å². The molecule has 0 spiro atoms. The van der Waals surface area contributed by atoms with Crippen molar-refractivity contribution in [2.45, 2.75) is 11.8 Å². The zero-order valence-electron chi connectivity index (χ0n) is 8.78. The van der Waals surface area contributed by atoms with Crippen LogP contribution in [0.4, 0.5) is 5.69 Å². The number of hydrogen-bond donors (Lipinski definition) is 1. The average Bonchev–Trinajstić information content (AvgIpc) is 2.28. The molecule has 1 aromatic rings. The van der Waals surface area contributed by atoms with Crippen LogP contribution in [0.3, 0.4) is 0 Å². The molecule has 0 atom stereocenters. The maximum Gasteiger partial charge on any atom is 0.338 e. The van der Waals surface area contributed by atoms with Crippen molar-refractivity contribution in [2.75, 3.05) is 17.7 Å². The smallest absolute Gasteiger partial charge is 0.338 e. The molecule has 0 radical (unpaired) electrons. The van der Waals surface area contributed by atoms with Gasteiger partial charge in [0.15, 0.2) is 0 Å². The van der Waals surface area contributed by atoms with Crippen molar-refractivity contribution in [3.63, 3.8) is 0 Å². The molecule has 0 saturated heterocycles. The van der Waals surface area contributed by atoms with Gasteiger partial charge in [-0.3, -0.25) is 4.79 Å². The largest absolute Gasteiger partial charge is 0.462 e.